The van der Waals surface area contributed by atoms with Gasteiger partial charge in [-0.1, -0.05) is 38.3 Å². The first-order valence-electron chi connectivity index (χ1n) is 13.4. The Morgan fingerprint density at radius 2 is 2.09 bits per heavy atom. The van der Waals surface area contributed by atoms with Crippen LogP contribution in [-0.2, 0) is 9.53 Å². The van der Waals surface area contributed by atoms with Crippen molar-refractivity contribution in [3.63, 3.8) is 0 Å². The van der Waals surface area contributed by atoms with Crippen LogP contribution in [-0.4, -0.2) is 36.9 Å². The van der Waals surface area contributed by atoms with Crippen LogP contribution in [0.4, 0.5) is 0 Å². The summed E-state index contributed by atoms with van der Waals surface area (Å²) in [5, 5.41) is 13.2. The fourth-order valence-electron chi connectivity index (χ4n) is 8.66. The SMILES string of the molecule is C#CCOCCNC(=O)CCC(C)[C@H]1CC[C@H]2[C@@H]3CC=C4C[C@@H](O)CC[C@]4(C)[C@H]3CC[C@]12C. The van der Waals surface area contributed by atoms with E-state index < -0.39 is 0 Å². The van der Waals surface area contributed by atoms with Crippen molar-refractivity contribution in [3.8, 4) is 12.3 Å². The molecule has 2 N–H and O–H groups in total. The van der Waals surface area contributed by atoms with Gasteiger partial charge in [0.1, 0.15) is 6.61 Å². The highest BCUT2D eigenvalue weighted by Crippen LogP contribution is 2.67. The maximum atomic E-state index is 12.3. The van der Waals surface area contributed by atoms with E-state index in [1.165, 1.54) is 32.1 Å². The Bertz CT molecular complexity index is 784. The minimum absolute atomic E-state index is 0.126. The Balaban J connectivity index is 1.34. The number of aliphatic hydroxyl groups is 1. The van der Waals surface area contributed by atoms with E-state index >= 15 is 0 Å². The van der Waals surface area contributed by atoms with Gasteiger partial charge >= 0.3 is 0 Å². The van der Waals surface area contributed by atoms with Crippen LogP contribution in [0.2, 0.25) is 0 Å². The van der Waals surface area contributed by atoms with E-state index in [-0.39, 0.29) is 12.0 Å². The smallest absolute Gasteiger partial charge is 0.220 e. The van der Waals surface area contributed by atoms with Crippen LogP contribution in [0.1, 0.15) is 85.0 Å². The lowest BCUT2D eigenvalue weighted by molar-refractivity contribution is -0.121. The molecule has 4 heteroatoms. The van der Waals surface area contributed by atoms with Crippen LogP contribution in [0.3, 0.4) is 0 Å². The molecule has 0 radical (unpaired) electrons. The van der Waals surface area contributed by atoms with Crippen LogP contribution >= 0.6 is 0 Å². The summed E-state index contributed by atoms with van der Waals surface area (Å²) in [6.07, 6.45) is 18.7. The molecule has 1 unspecified atom stereocenters. The largest absolute Gasteiger partial charge is 0.393 e. The van der Waals surface area contributed by atoms with Crippen molar-refractivity contribution in [2.75, 3.05) is 19.8 Å². The Morgan fingerprint density at radius 3 is 2.88 bits per heavy atom. The molecular formula is C29H45NO3. The van der Waals surface area contributed by atoms with Gasteiger partial charge < -0.3 is 15.2 Å². The third-order valence-corrected chi connectivity index (χ3v) is 10.4. The molecule has 0 aromatic heterocycles. The van der Waals surface area contributed by atoms with E-state index in [4.69, 9.17) is 11.2 Å². The summed E-state index contributed by atoms with van der Waals surface area (Å²) in [7, 11) is 0. The van der Waals surface area contributed by atoms with Gasteiger partial charge in [0.05, 0.1) is 12.7 Å². The molecule has 3 fully saturated rings. The highest BCUT2D eigenvalue weighted by Gasteiger charge is 2.59. The molecule has 0 aliphatic heterocycles. The maximum absolute atomic E-state index is 12.3. The second-order valence-electron chi connectivity index (χ2n) is 12.0. The number of terminal acetylenes is 1. The number of carbonyl (C=O) groups excluding carboxylic acids is 1. The summed E-state index contributed by atoms with van der Waals surface area (Å²) in [5.74, 6) is 6.28. The van der Waals surface area contributed by atoms with E-state index in [9.17, 15) is 9.90 Å². The van der Waals surface area contributed by atoms with Crippen molar-refractivity contribution < 1.29 is 14.6 Å². The first kappa shape index (κ1) is 24.8. The number of allylic oxidation sites excluding steroid dienone is 1. The van der Waals surface area contributed by atoms with Gasteiger partial charge in [0.15, 0.2) is 0 Å². The molecule has 8 atom stereocenters. The van der Waals surface area contributed by atoms with Crippen molar-refractivity contribution in [1.82, 2.24) is 5.32 Å². The van der Waals surface area contributed by atoms with Crippen LogP contribution < -0.4 is 5.32 Å². The van der Waals surface area contributed by atoms with Gasteiger partial charge in [-0.05, 0) is 98.2 Å². The predicted octanol–water partition coefficient (Wildman–Crippen LogP) is 5.11. The quantitative estimate of drug-likeness (QED) is 0.304. The zero-order valence-corrected chi connectivity index (χ0v) is 21.1. The number of carbonyl (C=O) groups is 1. The molecule has 0 aromatic carbocycles. The van der Waals surface area contributed by atoms with Crippen LogP contribution in [0, 0.1) is 52.8 Å². The number of aliphatic hydroxyl groups excluding tert-OH is 1. The molecule has 4 rings (SSSR count). The molecule has 0 spiro atoms. The molecule has 0 bridgehead atoms. The molecule has 33 heavy (non-hydrogen) atoms. The first-order chi connectivity index (χ1) is 15.8. The van der Waals surface area contributed by atoms with E-state index in [1.807, 2.05) is 0 Å². The summed E-state index contributed by atoms with van der Waals surface area (Å²) < 4.78 is 5.23. The van der Waals surface area contributed by atoms with Gasteiger partial charge in [0, 0.05) is 13.0 Å². The van der Waals surface area contributed by atoms with E-state index in [0.29, 0.717) is 42.9 Å². The highest BCUT2D eigenvalue weighted by atomic mass is 16.5. The third kappa shape index (κ3) is 4.78. The van der Waals surface area contributed by atoms with Crippen LogP contribution in [0.25, 0.3) is 0 Å². The molecule has 4 aliphatic rings. The van der Waals surface area contributed by atoms with Gasteiger partial charge in [-0.3, -0.25) is 4.79 Å². The zero-order valence-electron chi connectivity index (χ0n) is 21.1. The lowest BCUT2D eigenvalue weighted by atomic mass is 9.47. The molecular weight excluding hydrogens is 410 g/mol. The molecule has 184 valence electrons. The van der Waals surface area contributed by atoms with Crippen molar-refractivity contribution in [1.29, 1.82) is 0 Å². The highest BCUT2D eigenvalue weighted by molar-refractivity contribution is 5.75. The van der Waals surface area contributed by atoms with Crippen molar-refractivity contribution >= 4 is 5.91 Å². The fourth-order valence-corrected chi connectivity index (χ4v) is 8.66. The topological polar surface area (TPSA) is 58.6 Å². The normalized spacial score (nSPS) is 40.6. The van der Waals surface area contributed by atoms with Crippen LogP contribution in [0.15, 0.2) is 11.6 Å². The first-order valence-corrected chi connectivity index (χ1v) is 13.4. The molecule has 0 heterocycles. The molecule has 1 amide bonds. The predicted molar refractivity (Wildman–Crippen MR) is 132 cm³/mol. The number of fused-ring (bicyclic) bond motifs is 5. The standard InChI is InChI=1S/C29H45NO3/c1-5-17-33-18-16-30-27(32)11-6-20(2)24-9-10-25-23-8-7-21-19-22(31)12-14-28(21,3)26(23)13-15-29(24,25)4/h1,7,20,22-26,31H,6,8-19H2,2-4H3,(H,30,32)/t20?,22-,23-,24+,25-,26-,28-,29+/m0/s1. The average Bonchev–Trinajstić information content (AvgIpc) is 3.15. The molecule has 0 saturated heterocycles. The van der Waals surface area contributed by atoms with Crippen molar-refractivity contribution in [2.45, 2.75) is 91.1 Å². The summed E-state index contributed by atoms with van der Waals surface area (Å²) in [5.41, 5.74) is 2.29. The fraction of sp³-hybridized carbons (Fsp3) is 0.828. The van der Waals surface area contributed by atoms with Gasteiger partial charge in [-0.25, -0.2) is 0 Å². The van der Waals surface area contributed by atoms with E-state index in [1.54, 1.807) is 5.57 Å². The van der Waals surface area contributed by atoms with E-state index in [2.05, 4.69) is 38.1 Å². The Kier molecular flexibility index (Phi) is 7.61. The molecule has 3 saturated carbocycles. The number of amides is 1. The molecule has 4 nitrogen and oxygen atoms in total. The minimum Gasteiger partial charge on any atom is -0.393 e. The molecule has 4 aliphatic carbocycles. The average molecular weight is 456 g/mol. The Labute approximate surface area is 201 Å². The summed E-state index contributed by atoms with van der Waals surface area (Å²) >= 11 is 0. The number of hydrogen-bond acceptors (Lipinski definition) is 3. The zero-order chi connectivity index (χ0) is 23.6. The van der Waals surface area contributed by atoms with Crippen molar-refractivity contribution in [2.24, 2.45) is 40.4 Å². The number of nitrogens with one attached hydrogen (secondary N) is 1. The number of rotatable bonds is 8. The Hall–Kier alpha value is -1.31. The number of hydrogen-bond donors (Lipinski definition) is 2. The third-order valence-electron chi connectivity index (χ3n) is 10.4. The Morgan fingerprint density at radius 1 is 1.27 bits per heavy atom. The monoisotopic (exact) mass is 455 g/mol. The van der Waals surface area contributed by atoms with Gasteiger partial charge in [-0.2, -0.15) is 0 Å². The second kappa shape index (κ2) is 10.1. The number of ether oxygens (including phenoxy) is 1. The van der Waals surface area contributed by atoms with Gasteiger partial charge in [0.2, 0.25) is 5.91 Å². The van der Waals surface area contributed by atoms with Crippen LogP contribution in [0.5, 0.6) is 0 Å². The maximum Gasteiger partial charge on any atom is 0.220 e. The van der Waals surface area contributed by atoms with Gasteiger partial charge in [-0.15, -0.1) is 6.42 Å². The minimum atomic E-state index is -0.126. The van der Waals surface area contributed by atoms with E-state index in [0.717, 1.165) is 49.4 Å². The summed E-state index contributed by atoms with van der Waals surface area (Å²) in [6.45, 7) is 8.79. The summed E-state index contributed by atoms with van der Waals surface area (Å²) in [4.78, 5) is 12.3. The van der Waals surface area contributed by atoms with Gasteiger partial charge in [0.25, 0.3) is 0 Å². The lowest BCUT2D eigenvalue weighted by Gasteiger charge is -2.58. The lowest BCUT2D eigenvalue weighted by Crippen LogP contribution is -2.50. The summed E-state index contributed by atoms with van der Waals surface area (Å²) in [6, 6.07) is 0. The van der Waals surface area contributed by atoms with Crippen molar-refractivity contribution in [3.05, 3.63) is 11.6 Å². The second-order valence-corrected chi connectivity index (χ2v) is 12.0. The molecule has 0 aromatic rings.